The molecule has 0 aromatic carbocycles. The lowest BCUT2D eigenvalue weighted by Crippen LogP contribution is -2.53. The first-order valence-corrected chi connectivity index (χ1v) is 12.2. The first kappa shape index (κ1) is 23.2. The molecular formula is C26H35N5O2. The van der Waals surface area contributed by atoms with Crippen LogP contribution in [0.3, 0.4) is 0 Å². The molecule has 7 nitrogen and oxygen atoms in total. The molecule has 0 bridgehead atoms. The number of likely N-dealkylation sites (tertiary alicyclic amines) is 1. The Balaban J connectivity index is 1.45. The van der Waals surface area contributed by atoms with Crippen LogP contribution in [0.4, 0.5) is 11.5 Å². The van der Waals surface area contributed by atoms with E-state index in [-0.39, 0.29) is 23.3 Å². The van der Waals surface area contributed by atoms with Crippen molar-refractivity contribution >= 4 is 23.3 Å². The van der Waals surface area contributed by atoms with E-state index in [1.54, 1.807) is 13.1 Å². The Labute approximate surface area is 196 Å². The van der Waals surface area contributed by atoms with E-state index in [0.717, 1.165) is 68.0 Å². The molecule has 1 saturated carbocycles. The van der Waals surface area contributed by atoms with Gasteiger partial charge in [0.15, 0.2) is 0 Å². The van der Waals surface area contributed by atoms with Crippen molar-refractivity contribution in [3.05, 3.63) is 47.9 Å². The molecule has 1 saturated heterocycles. The van der Waals surface area contributed by atoms with Gasteiger partial charge in [-0.05, 0) is 56.9 Å². The molecule has 2 N–H and O–H groups in total. The molecule has 2 aromatic rings. The number of carbonyl (C=O) groups is 2. The fraction of sp³-hybridized carbons (Fsp3) is 0.538. The Bertz CT molecular complexity index is 972. The van der Waals surface area contributed by atoms with Gasteiger partial charge >= 0.3 is 0 Å². The van der Waals surface area contributed by atoms with E-state index >= 15 is 0 Å². The van der Waals surface area contributed by atoms with Gasteiger partial charge in [-0.1, -0.05) is 25.3 Å². The minimum Gasteiger partial charge on any atom is -0.350 e. The number of amides is 2. The van der Waals surface area contributed by atoms with Crippen LogP contribution in [0.15, 0.2) is 36.5 Å². The summed E-state index contributed by atoms with van der Waals surface area (Å²) in [5.74, 6) is 1.10. The summed E-state index contributed by atoms with van der Waals surface area (Å²) in [7, 11) is 0. The highest BCUT2D eigenvalue weighted by Crippen LogP contribution is 2.34. The second-order valence-corrected chi connectivity index (χ2v) is 9.64. The van der Waals surface area contributed by atoms with E-state index in [4.69, 9.17) is 4.98 Å². The molecule has 2 aromatic heterocycles. The lowest BCUT2D eigenvalue weighted by molar-refractivity contribution is -0.135. The van der Waals surface area contributed by atoms with Gasteiger partial charge in [-0.25, -0.2) is 4.98 Å². The van der Waals surface area contributed by atoms with Gasteiger partial charge in [0, 0.05) is 61.2 Å². The number of rotatable bonds is 6. The number of piperidine rings is 1. The minimum atomic E-state index is -0.379. The summed E-state index contributed by atoms with van der Waals surface area (Å²) in [6, 6.07) is 9.89. The van der Waals surface area contributed by atoms with Crippen LogP contribution in [-0.4, -0.2) is 45.3 Å². The third-order valence-electron chi connectivity index (χ3n) is 6.84. The number of aryl methyl sites for hydroxylation is 1. The molecule has 33 heavy (non-hydrogen) atoms. The van der Waals surface area contributed by atoms with Crippen LogP contribution in [0.5, 0.6) is 0 Å². The first-order chi connectivity index (χ1) is 15.9. The maximum atomic E-state index is 13.3. The summed E-state index contributed by atoms with van der Waals surface area (Å²) in [5, 5.41) is 6.50. The number of nitrogens with zero attached hydrogens (tertiary/aromatic N) is 3. The largest absolute Gasteiger partial charge is 0.350 e. The average molecular weight is 450 g/mol. The number of aromatic nitrogens is 2. The molecular weight excluding hydrogens is 414 g/mol. The van der Waals surface area contributed by atoms with Crippen LogP contribution < -0.4 is 10.6 Å². The molecule has 1 aliphatic carbocycles. The molecule has 3 heterocycles. The van der Waals surface area contributed by atoms with E-state index in [1.165, 1.54) is 6.42 Å². The smallest absolute Gasteiger partial charge is 0.224 e. The highest BCUT2D eigenvalue weighted by Gasteiger charge is 2.37. The van der Waals surface area contributed by atoms with Gasteiger partial charge in [0.25, 0.3) is 0 Å². The van der Waals surface area contributed by atoms with Gasteiger partial charge in [0.05, 0.1) is 0 Å². The van der Waals surface area contributed by atoms with Gasteiger partial charge in [0.1, 0.15) is 5.82 Å². The van der Waals surface area contributed by atoms with Gasteiger partial charge in [0.2, 0.25) is 11.8 Å². The standard InChI is InChI=1S/C26H35N5O2/c1-19-15-22(29-24-10-4-7-13-27-24)16-23(28-19)21-9-8-14-31(18-21)25(33)17-26(30-20(2)32)11-5-3-6-12-26/h4,7,10,13,15-16,21H,3,5-6,8-9,11-12,14,17-18H2,1-2H3,(H,30,32)(H,27,28,29). The molecule has 176 valence electrons. The third kappa shape index (κ3) is 6.09. The maximum absolute atomic E-state index is 13.3. The molecule has 2 aliphatic rings. The van der Waals surface area contributed by atoms with E-state index in [9.17, 15) is 9.59 Å². The number of hydrogen-bond donors (Lipinski definition) is 2. The van der Waals surface area contributed by atoms with E-state index in [2.05, 4.69) is 21.7 Å². The molecule has 2 amide bonds. The zero-order valence-electron chi connectivity index (χ0n) is 19.8. The Morgan fingerprint density at radius 3 is 2.70 bits per heavy atom. The molecule has 1 unspecified atom stereocenters. The number of nitrogens with one attached hydrogen (secondary N) is 2. The van der Waals surface area contributed by atoms with Crippen molar-refractivity contribution in [2.45, 2.75) is 76.7 Å². The Kier molecular flexibility index (Phi) is 7.26. The van der Waals surface area contributed by atoms with Gasteiger partial charge in [-0.15, -0.1) is 0 Å². The number of pyridine rings is 2. The second kappa shape index (κ2) is 10.3. The fourth-order valence-corrected chi connectivity index (χ4v) is 5.35. The zero-order chi connectivity index (χ0) is 23.3. The molecule has 0 radical (unpaired) electrons. The third-order valence-corrected chi connectivity index (χ3v) is 6.84. The Hall–Kier alpha value is -2.96. The molecule has 7 heteroatoms. The number of hydrogen-bond acceptors (Lipinski definition) is 5. The highest BCUT2D eigenvalue weighted by molar-refractivity contribution is 5.80. The highest BCUT2D eigenvalue weighted by atomic mass is 16.2. The van der Waals surface area contributed by atoms with E-state index < -0.39 is 0 Å². The molecule has 0 spiro atoms. The normalized spacial score (nSPS) is 20.2. The van der Waals surface area contributed by atoms with Crippen LogP contribution in [0, 0.1) is 6.92 Å². The quantitative estimate of drug-likeness (QED) is 0.680. The summed E-state index contributed by atoms with van der Waals surface area (Å²) >= 11 is 0. The number of carbonyl (C=O) groups excluding carboxylic acids is 2. The van der Waals surface area contributed by atoms with Crippen molar-refractivity contribution in [2.75, 3.05) is 18.4 Å². The van der Waals surface area contributed by atoms with Crippen molar-refractivity contribution < 1.29 is 9.59 Å². The molecule has 1 aliphatic heterocycles. The SMILES string of the molecule is CC(=O)NC1(CC(=O)N2CCCC(c3cc(Nc4ccccn4)cc(C)n3)C2)CCCCC1. The van der Waals surface area contributed by atoms with Gasteiger partial charge < -0.3 is 15.5 Å². The zero-order valence-corrected chi connectivity index (χ0v) is 19.8. The molecule has 1 atom stereocenters. The summed E-state index contributed by atoms with van der Waals surface area (Å²) in [5.41, 5.74) is 2.54. The summed E-state index contributed by atoms with van der Waals surface area (Å²) in [4.78, 5) is 36.3. The van der Waals surface area contributed by atoms with Gasteiger partial charge in [-0.2, -0.15) is 0 Å². The van der Waals surface area contributed by atoms with Crippen molar-refractivity contribution in [3.8, 4) is 0 Å². The summed E-state index contributed by atoms with van der Waals surface area (Å²) in [6.07, 6.45) is 9.21. The van der Waals surface area contributed by atoms with E-state index in [0.29, 0.717) is 13.0 Å². The monoisotopic (exact) mass is 449 g/mol. The predicted molar refractivity (Wildman–Crippen MR) is 129 cm³/mol. The second-order valence-electron chi connectivity index (χ2n) is 9.64. The lowest BCUT2D eigenvalue weighted by atomic mass is 9.78. The van der Waals surface area contributed by atoms with Crippen molar-refractivity contribution in [3.63, 3.8) is 0 Å². The topological polar surface area (TPSA) is 87.2 Å². The van der Waals surface area contributed by atoms with Crippen LogP contribution in [0.2, 0.25) is 0 Å². The minimum absolute atomic E-state index is 0.0434. The van der Waals surface area contributed by atoms with Crippen LogP contribution >= 0.6 is 0 Å². The fourth-order valence-electron chi connectivity index (χ4n) is 5.35. The first-order valence-electron chi connectivity index (χ1n) is 12.2. The summed E-state index contributed by atoms with van der Waals surface area (Å²) in [6.45, 7) is 5.00. The molecule has 2 fully saturated rings. The Morgan fingerprint density at radius 1 is 1.15 bits per heavy atom. The maximum Gasteiger partial charge on any atom is 0.224 e. The number of anilines is 2. The van der Waals surface area contributed by atoms with Crippen molar-refractivity contribution in [1.82, 2.24) is 20.2 Å². The van der Waals surface area contributed by atoms with E-state index in [1.807, 2.05) is 36.1 Å². The van der Waals surface area contributed by atoms with Crippen LogP contribution in [0.1, 0.15) is 75.6 Å². The van der Waals surface area contributed by atoms with Crippen molar-refractivity contribution in [2.24, 2.45) is 0 Å². The lowest BCUT2D eigenvalue weighted by Gasteiger charge is -2.40. The Morgan fingerprint density at radius 2 is 1.97 bits per heavy atom. The average Bonchev–Trinajstić information content (AvgIpc) is 2.79. The molecule has 4 rings (SSSR count). The summed E-state index contributed by atoms with van der Waals surface area (Å²) < 4.78 is 0. The predicted octanol–water partition coefficient (Wildman–Crippen LogP) is 4.46. The van der Waals surface area contributed by atoms with Crippen molar-refractivity contribution in [1.29, 1.82) is 0 Å². The van der Waals surface area contributed by atoms with Gasteiger partial charge in [-0.3, -0.25) is 14.6 Å². The van der Waals surface area contributed by atoms with Crippen LogP contribution in [0.25, 0.3) is 0 Å². The van der Waals surface area contributed by atoms with Crippen LogP contribution in [-0.2, 0) is 9.59 Å².